The molecule has 2 aliphatic rings. The number of ether oxygens (including phenoxy) is 1. The van der Waals surface area contributed by atoms with Crippen LogP contribution in [0.3, 0.4) is 0 Å². The third kappa shape index (κ3) is 3.25. The molecule has 1 aromatic heterocycles. The van der Waals surface area contributed by atoms with E-state index in [2.05, 4.69) is 15.1 Å². The maximum Gasteiger partial charge on any atom is 0.416 e. The van der Waals surface area contributed by atoms with Crippen molar-refractivity contribution in [2.45, 2.75) is 32.5 Å². The molecule has 0 bridgehead atoms. The summed E-state index contributed by atoms with van der Waals surface area (Å²) in [5, 5.41) is 7.42. The van der Waals surface area contributed by atoms with Crippen LogP contribution in [-0.2, 0) is 23.9 Å². The fraction of sp³-hybridized carbons (Fsp3) is 0.526. The van der Waals surface area contributed by atoms with Crippen molar-refractivity contribution < 1.29 is 17.9 Å². The largest absolute Gasteiger partial charge is 0.416 e. The summed E-state index contributed by atoms with van der Waals surface area (Å²) in [6.45, 7) is 5.76. The van der Waals surface area contributed by atoms with Crippen molar-refractivity contribution >= 4 is 0 Å². The van der Waals surface area contributed by atoms with Gasteiger partial charge in [-0.2, -0.15) is 18.3 Å². The zero-order valence-corrected chi connectivity index (χ0v) is 14.7. The Morgan fingerprint density at radius 3 is 2.92 bits per heavy atom. The normalized spacial score (nSPS) is 21.2. The molecule has 0 spiro atoms. The molecule has 1 saturated heterocycles. The van der Waals surface area contributed by atoms with Gasteiger partial charge < -0.3 is 4.74 Å². The number of rotatable bonds is 3. The summed E-state index contributed by atoms with van der Waals surface area (Å²) < 4.78 is 45.2. The minimum Gasteiger partial charge on any atom is -0.381 e. The van der Waals surface area contributed by atoms with E-state index in [9.17, 15) is 13.2 Å². The van der Waals surface area contributed by atoms with Gasteiger partial charge in [-0.1, -0.05) is 12.1 Å². The number of H-pyrrole nitrogens is 1. The Morgan fingerprint density at radius 2 is 2.19 bits per heavy atom. The number of benzene rings is 1. The minimum absolute atomic E-state index is 0.232. The summed E-state index contributed by atoms with van der Waals surface area (Å²) in [7, 11) is 0. The molecule has 1 aromatic carbocycles. The van der Waals surface area contributed by atoms with Crippen molar-refractivity contribution in [2.24, 2.45) is 5.92 Å². The molecule has 2 aromatic rings. The molecule has 1 N–H and O–H groups in total. The van der Waals surface area contributed by atoms with Crippen LogP contribution in [0, 0.1) is 12.8 Å². The first-order valence-corrected chi connectivity index (χ1v) is 8.97. The molecule has 7 heteroatoms. The Balaban J connectivity index is 1.63. The van der Waals surface area contributed by atoms with Gasteiger partial charge in [-0.25, -0.2) is 0 Å². The van der Waals surface area contributed by atoms with Crippen molar-refractivity contribution in [3.63, 3.8) is 0 Å². The van der Waals surface area contributed by atoms with Crippen LogP contribution < -0.4 is 0 Å². The van der Waals surface area contributed by atoms with Gasteiger partial charge in [0.15, 0.2) is 0 Å². The van der Waals surface area contributed by atoms with Crippen LogP contribution in [-0.4, -0.2) is 41.4 Å². The third-order valence-corrected chi connectivity index (χ3v) is 5.45. The lowest BCUT2D eigenvalue weighted by molar-refractivity contribution is -0.138. The van der Waals surface area contributed by atoms with E-state index in [1.807, 2.05) is 0 Å². The number of fused-ring (bicyclic) bond motifs is 1. The topological polar surface area (TPSA) is 41.2 Å². The second-order valence-corrected chi connectivity index (χ2v) is 7.22. The molecule has 1 atom stereocenters. The molecule has 26 heavy (non-hydrogen) atoms. The number of hydrogen-bond donors (Lipinski definition) is 1. The van der Waals surface area contributed by atoms with Gasteiger partial charge in [0.25, 0.3) is 0 Å². The Morgan fingerprint density at radius 1 is 1.35 bits per heavy atom. The molecule has 1 fully saturated rings. The van der Waals surface area contributed by atoms with Gasteiger partial charge in [0.2, 0.25) is 0 Å². The number of hydrogen-bond acceptors (Lipinski definition) is 3. The summed E-state index contributed by atoms with van der Waals surface area (Å²) >= 11 is 0. The quantitative estimate of drug-likeness (QED) is 0.900. The number of nitrogens with one attached hydrogen (secondary N) is 1. The molecular weight excluding hydrogens is 343 g/mol. The molecule has 140 valence electrons. The highest BCUT2D eigenvalue weighted by Gasteiger charge is 2.34. The fourth-order valence-corrected chi connectivity index (χ4v) is 4.02. The van der Waals surface area contributed by atoms with Crippen molar-refractivity contribution in [2.75, 3.05) is 26.3 Å². The van der Waals surface area contributed by atoms with Gasteiger partial charge in [0.05, 0.1) is 17.9 Å². The van der Waals surface area contributed by atoms with E-state index in [-0.39, 0.29) is 5.56 Å². The first-order valence-electron chi connectivity index (χ1n) is 8.97. The summed E-state index contributed by atoms with van der Waals surface area (Å²) in [4.78, 5) is 2.36. The number of aromatic amines is 1. The highest BCUT2D eigenvalue weighted by Crippen LogP contribution is 2.37. The van der Waals surface area contributed by atoms with E-state index in [4.69, 9.17) is 4.74 Å². The standard InChI is InChI=1S/C19H22F3N3O/c1-12-14(3-2-4-16(12)19(20,21)22)18-15-10-25(7-5-17(15)23-24-18)9-13-6-8-26-11-13/h2-4,13H,5-11H2,1H3,(H,23,24)/t13-/m1/s1. The SMILES string of the molecule is Cc1c(-c2n[nH]c3c2CN(C[C@H]2CCOC2)CC3)cccc1C(F)(F)F. The summed E-state index contributed by atoms with van der Waals surface area (Å²) in [5.41, 5.74) is 2.91. The average molecular weight is 365 g/mol. The molecule has 0 saturated carbocycles. The van der Waals surface area contributed by atoms with E-state index in [1.54, 1.807) is 6.07 Å². The minimum atomic E-state index is -4.36. The number of halogens is 3. The summed E-state index contributed by atoms with van der Waals surface area (Å²) in [5.74, 6) is 0.544. The van der Waals surface area contributed by atoms with Crippen molar-refractivity contribution in [1.82, 2.24) is 15.1 Å². The van der Waals surface area contributed by atoms with Gasteiger partial charge in [-0.05, 0) is 30.9 Å². The van der Waals surface area contributed by atoms with Gasteiger partial charge in [-0.3, -0.25) is 10.00 Å². The lowest BCUT2D eigenvalue weighted by Gasteiger charge is -2.29. The molecule has 2 aliphatic heterocycles. The van der Waals surface area contributed by atoms with Crippen LogP contribution in [0.4, 0.5) is 13.2 Å². The second kappa shape index (κ2) is 6.70. The Bertz CT molecular complexity index is 794. The average Bonchev–Trinajstić information content (AvgIpc) is 3.23. The Hall–Kier alpha value is -1.86. The van der Waals surface area contributed by atoms with E-state index in [1.165, 1.54) is 13.0 Å². The van der Waals surface area contributed by atoms with Crippen LogP contribution in [0.25, 0.3) is 11.3 Å². The van der Waals surface area contributed by atoms with Gasteiger partial charge >= 0.3 is 6.18 Å². The van der Waals surface area contributed by atoms with Crippen LogP contribution in [0.2, 0.25) is 0 Å². The maximum absolute atomic E-state index is 13.3. The predicted octanol–water partition coefficient (Wildman–Crippen LogP) is 3.80. The predicted molar refractivity (Wildman–Crippen MR) is 91.7 cm³/mol. The lowest BCUT2D eigenvalue weighted by Crippen LogP contribution is -2.34. The van der Waals surface area contributed by atoms with Crippen LogP contribution in [0.5, 0.6) is 0 Å². The molecule has 4 nitrogen and oxygen atoms in total. The van der Waals surface area contributed by atoms with E-state index in [0.29, 0.717) is 23.7 Å². The van der Waals surface area contributed by atoms with Crippen LogP contribution >= 0.6 is 0 Å². The first-order chi connectivity index (χ1) is 12.4. The van der Waals surface area contributed by atoms with E-state index in [0.717, 1.165) is 56.5 Å². The highest BCUT2D eigenvalue weighted by molar-refractivity contribution is 5.69. The highest BCUT2D eigenvalue weighted by atomic mass is 19.4. The Labute approximate surface area is 150 Å². The van der Waals surface area contributed by atoms with E-state index < -0.39 is 11.7 Å². The second-order valence-electron chi connectivity index (χ2n) is 7.22. The van der Waals surface area contributed by atoms with Gasteiger partial charge in [0, 0.05) is 49.5 Å². The number of aromatic nitrogens is 2. The van der Waals surface area contributed by atoms with Gasteiger partial charge in [-0.15, -0.1) is 0 Å². The molecule has 0 amide bonds. The molecule has 0 radical (unpaired) electrons. The number of alkyl halides is 3. The zero-order valence-electron chi connectivity index (χ0n) is 14.7. The molecule has 0 aliphatic carbocycles. The molecule has 4 rings (SSSR count). The van der Waals surface area contributed by atoms with Gasteiger partial charge in [0.1, 0.15) is 0 Å². The van der Waals surface area contributed by atoms with Crippen molar-refractivity contribution in [3.05, 3.63) is 40.6 Å². The lowest BCUT2D eigenvalue weighted by atomic mass is 9.94. The van der Waals surface area contributed by atoms with Crippen LogP contribution in [0.15, 0.2) is 18.2 Å². The molecular formula is C19H22F3N3O. The van der Waals surface area contributed by atoms with Crippen molar-refractivity contribution in [3.8, 4) is 11.3 Å². The zero-order chi connectivity index (χ0) is 18.3. The monoisotopic (exact) mass is 365 g/mol. The number of nitrogens with zero attached hydrogens (tertiary/aromatic N) is 2. The third-order valence-electron chi connectivity index (χ3n) is 5.45. The molecule has 3 heterocycles. The van der Waals surface area contributed by atoms with Crippen LogP contribution in [0.1, 0.15) is 28.8 Å². The smallest absolute Gasteiger partial charge is 0.381 e. The first kappa shape index (κ1) is 17.5. The molecule has 0 unspecified atom stereocenters. The van der Waals surface area contributed by atoms with E-state index >= 15 is 0 Å². The Kier molecular flexibility index (Phi) is 4.52. The maximum atomic E-state index is 13.3. The fourth-order valence-electron chi connectivity index (χ4n) is 4.02. The van der Waals surface area contributed by atoms with Crippen molar-refractivity contribution in [1.29, 1.82) is 0 Å². The summed E-state index contributed by atoms with van der Waals surface area (Å²) in [6.07, 6.45) is -2.44. The summed E-state index contributed by atoms with van der Waals surface area (Å²) in [6, 6.07) is 4.32.